The van der Waals surface area contributed by atoms with Crippen LogP contribution >= 0.6 is 0 Å². The minimum absolute atomic E-state index is 0.0272. The van der Waals surface area contributed by atoms with E-state index in [0.717, 1.165) is 38.0 Å². The molecule has 25 heavy (non-hydrogen) atoms. The molecule has 0 aromatic heterocycles. The second-order valence-electron chi connectivity index (χ2n) is 10.4. The second kappa shape index (κ2) is 6.40. The van der Waals surface area contributed by atoms with E-state index in [2.05, 4.69) is 34.3 Å². The molecule has 0 aliphatic heterocycles. The molecule has 0 aromatic rings. The molecular weight excluding hydrogens is 312 g/mol. The van der Waals surface area contributed by atoms with Crippen LogP contribution in [0.1, 0.15) is 86.0 Å². The average Bonchev–Trinajstić information content (AvgIpc) is 3.10. The van der Waals surface area contributed by atoms with Crippen molar-refractivity contribution in [1.29, 1.82) is 0 Å². The largest absolute Gasteiger partial charge is 0.432 e. The van der Waals surface area contributed by atoms with Gasteiger partial charge in [-0.15, -0.1) is 0 Å². The Balaban J connectivity index is 1.86. The molecule has 3 saturated carbocycles. The summed E-state index contributed by atoms with van der Waals surface area (Å²) in [4.78, 5) is 12.3. The summed E-state index contributed by atoms with van der Waals surface area (Å²) in [5.74, 6) is 0.489. The van der Waals surface area contributed by atoms with Gasteiger partial charge >= 0.3 is 5.97 Å². The quantitative estimate of drug-likeness (QED) is 0.367. The summed E-state index contributed by atoms with van der Waals surface area (Å²) < 4.78 is 12.7. The second-order valence-corrected chi connectivity index (χ2v) is 10.4. The zero-order valence-electron chi connectivity index (χ0n) is 16.8. The van der Waals surface area contributed by atoms with Crippen molar-refractivity contribution in [1.82, 2.24) is 0 Å². The molecule has 3 fully saturated rings. The highest BCUT2D eigenvalue weighted by atomic mass is 16.7. The summed E-state index contributed by atoms with van der Waals surface area (Å²) in [6.07, 6.45) is 9.15. The summed E-state index contributed by atoms with van der Waals surface area (Å²) in [5, 5.41) is 0. The van der Waals surface area contributed by atoms with Crippen molar-refractivity contribution in [2.45, 2.75) is 98.4 Å². The molecule has 142 valence electrons. The van der Waals surface area contributed by atoms with Crippen LogP contribution in [0.15, 0.2) is 12.2 Å². The van der Waals surface area contributed by atoms with Crippen LogP contribution in [0, 0.1) is 22.2 Å². The first-order valence-corrected chi connectivity index (χ1v) is 10.1. The van der Waals surface area contributed by atoms with Crippen LogP contribution in [0.2, 0.25) is 0 Å². The van der Waals surface area contributed by atoms with Gasteiger partial charge in [-0.2, -0.15) is 0 Å². The molecule has 1 unspecified atom stereocenters. The maximum absolute atomic E-state index is 12.3. The van der Waals surface area contributed by atoms with Gasteiger partial charge in [0.1, 0.15) is 0 Å². The van der Waals surface area contributed by atoms with Gasteiger partial charge in [0.15, 0.2) is 0 Å². The molecule has 0 amide bonds. The van der Waals surface area contributed by atoms with Gasteiger partial charge in [-0.25, -0.2) is 4.79 Å². The molecule has 0 N–H and O–H groups in total. The molecule has 3 aliphatic carbocycles. The molecule has 3 heteroatoms. The third-order valence-corrected chi connectivity index (χ3v) is 7.18. The van der Waals surface area contributed by atoms with E-state index in [-0.39, 0.29) is 28.3 Å². The fourth-order valence-electron chi connectivity index (χ4n) is 5.87. The van der Waals surface area contributed by atoms with Crippen molar-refractivity contribution in [3.8, 4) is 0 Å². The Hall–Kier alpha value is -0.830. The standard InChI is InChI=1S/C22H36O3/c1-15(2)17(23)24-19(22-12-8-16(14-22)9-13-22)25-18-20(3,4)10-7-11-21(18,5)6/h16,18-19H,1,7-14H2,2-6H3. The van der Waals surface area contributed by atoms with Crippen molar-refractivity contribution < 1.29 is 14.3 Å². The van der Waals surface area contributed by atoms with E-state index in [0.29, 0.717) is 5.57 Å². The van der Waals surface area contributed by atoms with Gasteiger partial charge in [0.2, 0.25) is 6.29 Å². The van der Waals surface area contributed by atoms with Crippen LogP contribution < -0.4 is 0 Å². The highest BCUT2D eigenvalue weighted by Gasteiger charge is 2.55. The number of rotatable bonds is 5. The van der Waals surface area contributed by atoms with Crippen LogP contribution in [0.4, 0.5) is 0 Å². The minimum Gasteiger partial charge on any atom is -0.432 e. The summed E-state index contributed by atoms with van der Waals surface area (Å²) >= 11 is 0. The van der Waals surface area contributed by atoms with Gasteiger partial charge in [-0.1, -0.05) is 40.7 Å². The van der Waals surface area contributed by atoms with Crippen molar-refractivity contribution in [3.05, 3.63) is 12.2 Å². The highest BCUT2D eigenvalue weighted by molar-refractivity contribution is 5.87. The van der Waals surface area contributed by atoms with Crippen LogP contribution in [0.3, 0.4) is 0 Å². The lowest BCUT2D eigenvalue weighted by atomic mass is 9.62. The molecule has 3 aliphatic rings. The smallest absolute Gasteiger partial charge is 0.335 e. The zero-order valence-corrected chi connectivity index (χ0v) is 16.8. The molecule has 0 saturated heterocycles. The Kier molecular flexibility index (Phi) is 4.85. The normalized spacial score (nSPS) is 34.7. The van der Waals surface area contributed by atoms with E-state index in [1.807, 2.05) is 0 Å². The zero-order chi connectivity index (χ0) is 18.5. The molecule has 1 atom stereocenters. The van der Waals surface area contributed by atoms with Crippen molar-refractivity contribution >= 4 is 5.97 Å². The molecule has 0 heterocycles. The molecule has 0 radical (unpaired) electrons. The van der Waals surface area contributed by atoms with Gasteiger partial charge in [0, 0.05) is 11.0 Å². The number of hydrogen-bond donors (Lipinski definition) is 0. The topological polar surface area (TPSA) is 35.5 Å². The van der Waals surface area contributed by atoms with Crippen molar-refractivity contribution in [3.63, 3.8) is 0 Å². The molecule has 0 aromatic carbocycles. The molecule has 3 nitrogen and oxygen atoms in total. The van der Waals surface area contributed by atoms with E-state index in [1.54, 1.807) is 6.92 Å². The van der Waals surface area contributed by atoms with E-state index in [9.17, 15) is 4.79 Å². The number of carbonyl (C=O) groups excluding carboxylic acids is 1. The SMILES string of the molecule is C=C(C)C(=O)OC(OC1C(C)(C)CCCC1(C)C)C12CCC(CC1)C2. The monoisotopic (exact) mass is 348 g/mol. The number of hydrogen-bond acceptors (Lipinski definition) is 3. The van der Waals surface area contributed by atoms with Gasteiger partial charge in [0.25, 0.3) is 0 Å². The Morgan fingerprint density at radius 2 is 1.60 bits per heavy atom. The van der Waals surface area contributed by atoms with E-state index >= 15 is 0 Å². The Labute approximate surface area is 153 Å². The predicted molar refractivity (Wildman–Crippen MR) is 100.0 cm³/mol. The van der Waals surface area contributed by atoms with Crippen molar-refractivity contribution in [2.75, 3.05) is 0 Å². The van der Waals surface area contributed by atoms with Gasteiger partial charge < -0.3 is 9.47 Å². The third-order valence-electron chi connectivity index (χ3n) is 7.18. The lowest BCUT2D eigenvalue weighted by Gasteiger charge is -2.51. The lowest BCUT2D eigenvalue weighted by molar-refractivity contribution is -0.262. The first-order chi connectivity index (χ1) is 11.6. The number of fused-ring (bicyclic) bond motifs is 2. The first-order valence-electron chi connectivity index (χ1n) is 10.1. The summed E-state index contributed by atoms with van der Waals surface area (Å²) in [6.45, 7) is 14.7. The Morgan fingerprint density at radius 1 is 1.04 bits per heavy atom. The van der Waals surface area contributed by atoms with Gasteiger partial charge in [0.05, 0.1) is 6.10 Å². The van der Waals surface area contributed by atoms with Gasteiger partial charge in [-0.3, -0.25) is 0 Å². The van der Waals surface area contributed by atoms with E-state index < -0.39 is 6.29 Å². The van der Waals surface area contributed by atoms with Crippen LogP contribution in [0.5, 0.6) is 0 Å². The maximum atomic E-state index is 12.3. The van der Waals surface area contributed by atoms with Crippen molar-refractivity contribution in [2.24, 2.45) is 22.2 Å². The lowest BCUT2D eigenvalue weighted by Crippen LogP contribution is -2.52. The Morgan fingerprint density at radius 3 is 2.04 bits per heavy atom. The first kappa shape index (κ1) is 18.9. The molecule has 0 spiro atoms. The van der Waals surface area contributed by atoms with E-state index in [1.165, 1.54) is 19.3 Å². The fraction of sp³-hybridized carbons (Fsp3) is 0.864. The Bertz CT molecular complexity index is 521. The fourth-order valence-corrected chi connectivity index (χ4v) is 5.87. The average molecular weight is 349 g/mol. The minimum atomic E-state index is -0.425. The summed E-state index contributed by atoms with van der Waals surface area (Å²) in [7, 11) is 0. The predicted octanol–water partition coefficient (Wildman–Crippen LogP) is 5.63. The number of carbonyl (C=O) groups is 1. The van der Waals surface area contributed by atoms with Crippen LogP contribution in [-0.2, 0) is 14.3 Å². The summed E-state index contributed by atoms with van der Waals surface area (Å²) in [5.41, 5.74) is 0.685. The van der Waals surface area contributed by atoms with Crippen LogP contribution in [-0.4, -0.2) is 18.4 Å². The highest BCUT2D eigenvalue weighted by Crippen LogP contribution is 2.58. The van der Waals surface area contributed by atoms with Crippen LogP contribution in [0.25, 0.3) is 0 Å². The molecule has 2 bridgehead atoms. The third kappa shape index (κ3) is 3.54. The number of esters is 1. The summed E-state index contributed by atoms with van der Waals surface area (Å²) in [6, 6.07) is 0. The van der Waals surface area contributed by atoms with Gasteiger partial charge in [-0.05, 0) is 68.6 Å². The molecule has 3 rings (SSSR count). The number of ether oxygens (including phenoxy) is 2. The van der Waals surface area contributed by atoms with E-state index in [4.69, 9.17) is 9.47 Å². The molecular formula is C22H36O3. The maximum Gasteiger partial charge on any atom is 0.335 e.